The summed E-state index contributed by atoms with van der Waals surface area (Å²) in [6, 6.07) is 0. The molecule has 1 unspecified atom stereocenters. The summed E-state index contributed by atoms with van der Waals surface area (Å²) in [7, 11) is 3.46. The molecule has 17 heavy (non-hydrogen) atoms. The lowest BCUT2D eigenvalue weighted by atomic mass is 9.88. The zero-order valence-corrected chi connectivity index (χ0v) is 10.2. The molecule has 0 aromatic heterocycles. The molecular weight excluding hydrogens is 228 g/mol. The van der Waals surface area contributed by atoms with Crippen LogP contribution in [-0.4, -0.2) is 39.2 Å². The first kappa shape index (κ1) is 15.4. The number of carbonyl (C=O) groups excluding carboxylic acids is 3. The molecule has 0 spiro atoms. The van der Waals surface area contributed by atoms with Gasteiger partial charge in [-0.15, -0.1) is 0 Å². The fourth-order valence-electron chi connectivity index (χ4n) is 1.47. The van der Waals surface area contributed by atoms with Gasteiger partial charge in [-0.05, 0) is 6.42 Å². The predicted octanol–water partition coefficient (Wildman–Crippen LogP) is 0.352. The fraction of sp³-hybridized carbons (Fsp3) is 0.636. The minimum absolute atomic E-state index is 0.238. The lowest BCUT2D eigenvalue weighted by Crippen LogP contribution is -2.38. The Morgan fingerprint density at radius 1 is 0.941 bits per heavy atom. The van der Waals surface area contributed by atoms with Crippen LogP contribution in [0.5, 0.6) is 0 Å². The van der Waals surface area contributed by atoms with Gasteiger partial charge in [-0.25, -0.2) is 0 Å². The summed E-state index contributed by atoms with van der Waals surface area (Å²) in [5.41, 5.74) is 0. The highest BCUT2D eigenvalue weighted by Crippen LogP contribution is 2.22. The number of hydrogen-bond acceptors (Lipinski definition) is 6. The largest absolute Gasteiger partial charge is 0.469 e. The Morgan fingerprint density at radius 2 is 1.35 bits per heavy atom. The van der Waals surface area contributed by atoms with Crippen molar-refractivity contribution >= 4 is 17.9 Å². The van der Waals surface area contributed by atoms with Crippen molar-refractivity contribution in [2.24, 2.45) is 11.8 Å². The smallest absolute Gasteiger partial charge is 0.320 e. The maximum Gasteiger partial charge on any atom is 0.320 e. The number of methoxy groups -OCH3 is 3. The maximum atomic E-state index is 11.5. The molecule has 0 saturated carbocycles. The van der Waals surface area contributed by atoms with Gasteiger partial charge in [0.1, 0.15) is 0 Å². The lowest BCUT2D eigenvalue weighted by molar-refractivity contribution is -0.168. The first-order valence-corrected chi connectivity index (χ1v) is 5.06. The van der Waals surface area contributed by atoms with Crippen molar-refractivity contribution in [1.82, 2.24) is 0 Å². The van der Waals surface area contributed by atoms with Crippen LogP contribution in [0.1, 0.15) is 12.8 Å². The van der Waals surface area contributed by atoms with Gasteiger partial charge in [0.05, 0.1) is 27.2 Å². The number of esters is 3. The van der Waals surface area contributed by atoms with Crippen molar-refractivity contribution in [3.05, 3.63) is 6.92 Å². The van der Waals surface area contributed by atoms with Gasteiger partial charge in [0, 0.05) is 0 Å². The zero-order valence-electron chi connectivity index (χ0n) is 10.2. The summed E-state index contributed by atoms with van der Waals surface area (Å²) >= 11 is 0. The highest BCUT2D eigenvalue weighted by atomic mass is 16.5. The molecule has 0 aromatic rings. The van der Waals surface area contributed by atoms with Crippen LogP contribution in [0.2, 0.25) is 0 Å². The summed E-state index contributed by atoms with van der Waals surface area (Å²) in [6.45, 7) is 3.58. The average molecular weight is 245 g/mol. The molecule has 0 aliphatic rings. The summed E-state index contributed by atoms with van der Waals surface area (Å²) < 4.78 is 13.5. The summed E-state index contributed by atoms with van der Waals surface area (Å²) in [4.78, 5) is 34.5. The molecule has 1 atom stereocenters. The third kappa shape index (κ3) is 4.05. The molecule has 6 heteroatoms. The number of ether oxygens (including phenoxy) is 3. The highest BCUT2D eigenvalue weighted by molar-refractivity contribution is 5.99. The van der Waals surface area contributed by atoms with Gasteiger partial charge in [0.15, 0.2) is 5.92 Å². The SMILES string of the molecule is [CH2]CCC(C(=O)OC)C(C(=O)OC)C(=O)OC. The van der Waals surface area contributed by atoms with E-state index in [1.807, 2.05) is 0 Å². The molecule has 0 saturated heterocycles. The summed E-state index contributed by atoms with van der Waals surface area (Å²) in [6.07, 6.45) is 0.617. The van der Waals surface area contributed by atoms with Gasteiger partial charge in [-0.1, -0.05) is 13.3 Å². The second-order valence-electron chi connectivity index (χ2n) is 3.30. The van der Waals surface area contributed by atoms with Crippen LogP contribution < -0.4 is 0 Å². The third-order valence-corrected chi connectivity index (χ3v) is 2.33. The Bertz CT molecular complexity index is 270. The van der Waals surface area contributed by atoms with Crippen molar-refractivity contribution in [1.29, 1.82) is 0 Å². The van der Waals surface area contributed by atoms with Crippen LogP contribution in [0.4, 0.5) is 0 Å². The summed E-state index contributed by atoms with van der Waals surface area (Å²) in [5.74, 6) is -4.53. The van der Waals surface area contributed by atoms with Crippen LogP contribution in [0.3, 0.4) is 0 Å². The number of hydrogen-bond donors (Lipinski definition) is 0. The molecule has 0 rings (SSSR count). The van der Waals surface area contributed by atoms with Crippen LogP contribution in [0.15, 0.2) is 0 Å². The molecule has 97 valence electrons. The van der Waals surface area contributed by atoms with Gasteiger partial charge < -0.3 is 14.2 Å². The van der Waals surface area contributed by atoms with Gasteiger partial charge >= 0.3 is 17.9 Å². The predicted molar refractivity (Wildman–Crippen MR) is 57.6 cm³/mol. The van der Waals surface area contributed by atoms with Gasteiger partial charge in [0.2, 0.25) is 0 Å². The van der Waals surface area contributed by atoms with E-state index in [-0.39, 0.29) is 6.42 Å². The Labute approximate surface area is 100 Å². The molecule has 6 nitrogen and oxygen atoms in total. The normalized spacial score (nSPS) is 11.8. The van der Waals surface area contributed by atoms with E-state index in [0.29, 0.717) is 6.42 Å². The number of rotatable bonds is 6. The standard InChI is InChI=1S/C11H17O6/c1-5-6-7(9(12)15-2)8(10(13)16-3)11(14)17-4/h7-8H,1,5-6H2,2-4H3. The molecule has 0 N–H and O–H groups in total. The first-order chi connectivity index (χ1) is 8.03. The number of carbonyl (C=O) groups is 3. The fourth-order valence-corrected chi connectivity index (χ4v) is 1.47. The van der Waals surface area contributed by atoms with E-state index < -0.39 is 29.7 Å². The molecule has 0 fully saturated rings. The van der Waals surface area contributed by atoms with Crippen LogP contribution in [-0.2, 0) is 28.6 Å². The van der Waals surface area contributed by atoms with Crippen molar-refractivity contribution in [3.63, 3.8) is 0 Å². The topological polar surface area (TPSA) is 78.9 Å². The van der Waals surface area contributed by atoms with E-state index in [1.165, 1.54) is 7.11 Å². The molecule has 0 aliphatic carbocycles. The van der Waals surface area contributed by atoms with Crippen LogP contribution >= 0.6 is 0 Å². The van der Waals surface area contributed by atoms with E-state index in [1.54, 1.807) is 0 Å². The van der Waals surface area contributed by atoms with Gasteiger partial charge in [-0.2, -0.15) is 0 Å². The Hall–Kier alpha value is -1.59. The van der Waals surface area contributed by atoms with Crippen LogP contribution in [0.25, 0.3) is 0 Å². The second kappa shape index (κ2) is 7.65. The van der Waals surface area contributed by atoms with Crippen molar-refractivity contribution in [2.75, 3.05) is 21.3 Å². The van der Waals surface area contributed by atoms with E-state index in [9.17, 15) is 14.4 Å². The van der Waals surface area contributed by atoms with Crippen molar-refractivity contribution in [3.8, 4) is 0 Å². The quantitative estimate of drug-likeness (QED) is 0.382. The third-order valence-electron chi connectivity index (χ3n) is 2.33. The van der Waals surface area contributed by atoms with E-state index >= 15 is 0 Å². The molecule has 0 amide bonds. The Balaban J connectivity index is 5.13. The summed E-state index contributed by atoms with van der Waals surface area (Å²) in [5, 5.41) is 0. The highest BCUT2D eigenvalue weighted by Gasteiger charge is 2.41. The average Bonchev–Trinajstić information content (AvgIpc) is 2.36. The van der Waals surface area contributed by atoms with E-state index in [2.05, 4.69) is 21.1 Å². The minimum Gasteiger partial charge on any atom is -0.469 e. The van der Waals surface area contributed by atoms with Crippen molar-refractivity contribution < 1.29 is 28.6 Å². The Morgan fingerprint density at radius 3 is 1.65 bits per heavy atom. The molecule has 0 bridgehead atoms. The van der Waals surface area contributed by atoms with Gasteiger partial charge in [0.25, 0.3) is 0 Å². The zero-order chi connectivity index (χ0) is 13.4. The monoisotopic (exact) mass is 245 g/mol. The second-order valence-corrected chi connectivity index (χ2v) is 3.30. The molecule has 0 aromatic carbocycles. The molecule has 0 heterocycles. The van der Waals surface area contributed by atoms with E-state index in [0.717, 1.165) is 14.2 Å². The minimum atomic E-state index is -1.31. The van der Waals surface area contributed by atoms with Crippen LogP contribution in [0, 0.1) is 18.8 Å². The van der Waals surface area contributed by atoms with E-state index in [4.69, 9.17) is 0 Å². The first-order valence-electron chi connectivity index (χ1n) is 5.06. The lowest BCUT2D eigenvalue weighted by Gasteiger charge is -2.20. The maximum absolute atomic E-state index is 11.5. The Kier molecular flexibility index (Phi) is 6.93. The molecule has 0 aliphatic heterocycles. The molecular formula is C11H17O6. The van der Waals surface area contributed by atoms with Gasteiger partial charge in [-0.3, -0.25) is 14.4 Å². The van der Waals surface area contributed by atoms with Crippen molar-refractivity contribution in [2.45, 2.75) is 12.8 Å². The molecule has 1 radical (unpaired) electrons.